The maximum atomic E-state index is 12.7. The lowest BCUT2D eigenvalue weighted by molar-refractivity contribution is 0.144. The van der Waals surface area contributed by atoms with Crippen molar-refractivity contribution >= 4 is 21.6 Å². The molecule has 1 unspecified atom stereocenters. The maximum absolute atomic E-state index is 12.7. The van der Waals surface area contributed by atoms with E-state index in [0.29, 0.717) is 10.6 Å². The molecule has 0 fully saturated rings. The second kappa shape index (κ2) is 5.56. The summed E-state index contributed by atoms with van der Waals surface area (Å²) in [6.07, 6.45) is 6.96. The first-order chi connectivity index (χ1) is 11.9. The molecule has 130 valence electrons. The van der Waals surface area contributed by atoms with Gasteiger partial charge in [-0.2, -0.15) is 5.10 Å². The highest BCUT2D eigenvalue weighted by molar-refractivity contribution is 7.22. The number of H-pyrrole nitrogens is 2. The molecule has 0 aromatic carbocycles. The van der Waals surface area contributed by atoms with Crippen molar-refractivity contribution in [3.63, 3.8) is 0 Å². The van der Waals surface area contributed by atoms with Gasteiger partial charge < -0.3 is 9.88 Å². The summed E-state index contributed by atoms with van der Waals surface area (Å²) < 4.78 is 0.657. The molecule has 3 aromatic rings. The van der Waals surface area contributed by atoms with E-state index in [1.807, 2.05) is 20.0 Å². The summed E-state index contributed by atoms with van der Waals surface area (Å²) in [5.74, 6) is 1.16. The number of rotatable bonds is 2. The first-order valence-corrected chi connectivity index (χ1v) is 9.16. The van der Waals surface area contributed by atoms with E-state index in [-0.39, 0.29) is 11.1 Å². The summed E-state index contributed by atoms with van der Waals surface area (Å²) in [6.45, 7) is 6.29. The molecular formula is C18H21N5OS. The van der Waals surface area contributed by atoms with Gasteiger partial charge in [-0.3, -0.25) is 9.89 Å². The highest BCUT2D eigenvalue weighted by atomic mass is 32.1. The fourth-order valence-corrected chi connectivity index (χ4v) is 4.53. The number of aromatic amines is 2. The Morgan fingerprint density at radius 3 is 2.96 bits per heavy atom. The van der Waals surface area contributed by atoms with Crippen molar-refractivity contribution < 1.29 is 0 Å². The molecule has 0 saturated carbocycles. The second-order valence-electron chi connectivity index (χ2n) is 7.06. The normalized spacial score (nSPS) is 23.5. The zero-order valence-corrected chi connectivity index (χ0v) is 15.6. The quantitative estimate of drug-likeness (QED) is 0.739. The summed E-state index contributed by atoms with van der Waals surface area (Å²) in [7, 11) is 2.03. The molecule has 2 atom stereocenters. The van der Waals surface area contributed by atoms with E-state index in [9.17, 15) is 4.79 Å². The first-order valence-electron chi connectivity index (χ1n) is 8.34. The molecular weight excluding hydrogens is 334 g/mol. The van der Waals surface area contributed by atoms with Crippen LogP contribution in [0, 0.1) is 12.8 Å². The summed E-state index contributed by atoms with van der Waals surface area (Å²) in [4.78, 5) is 23.7. The van der Waals surface area contributed by atoms with Crippen molar-refractivity contribution in [3.05, 3.63) is 46.4 Å². The highest BCUT2D eigenvalue weighted by Crippen LogP contribution is 2.37. The van der Waals surface area contributed by atoms with Crippen molar-refractivity contribution in [1.29, 1.82) is 0 Å². The molecule has 4 rings (SSSR count). The molecule has 3 aromatic heterocycles. The van der Waals surface area contributed by atoms with E-state index >= 15 is 0 Å². The predicted octanol–water partition coefficient (Wildman–Crippen LogP) is 3.38. The number of hydrogen-bond acceptors (Lipinski definition) is 5. The Morgan fingerprint density at radius 1 is 1.44 bits per heavy atom. The van der Waals surface area contributed by atoms with E-state index in [0.717, 1.165) is 33.9 Å². The lowest BCUT2D eigenvalue weighted by Crippen LogP contribution is -2.43. The topological polar surface area (TPSA) is 77.7 Å². The van der Waals surface area contributed by atoms with Gasteiger partial charge in [-0.05, 0) is 38.5 Å². The van der Waals surface area contributed by atoms with Gasteiger partial charge >= 0.3 is 0 Å². The van der Waals surface area contributed by atoms with Crippen molar-refractivity contribution in [2.24, 2.45) is 5.92 Å². The molecule has 0 spiro atoms. The zero-order chi connectivity index (χ0) is 17.8. The summed E-state index contributed by atoms with van der Waals surface area (Å²) in [5.41, 5.74) is 2.35. The molecule has 7 heteroatoms. The average molecular weight is 355 g/mol. The van der Waals surface area contributed by atoms with Crippen LogP contribution in [0.25, 0.3) is 20.7 Å². The van der Waals surface area contributed by atoms with Crippen LogP contribution in [-0.4, -0.2) is 32.1 Å². The molecule has 0 aliphatic carbocycles. The Labute approximate surface area is 149 Å². The lowest BCUT2D eigenvalue weighted by atomic mass is 9.85. The van der Waals surface area contributed by atoms with Gasteiger partial charge in [-0.25, -0.2) is 4.98 Å². The first kappa shape index (κ1) is 16.1. The Hall–Kier alpha value is -2.41. The van der Waals surface area contributed by atoms with Crippen LogP contribution in [0.1, 0.15) is 31.8 Å². The van der Waals surface area contributed by atoms with Crippen molar-refractivity contribution in [3.8, 4) is 10.4 Å². The third kappa shape index (κ3) is 2.50. The molecule has 0 saturated heterocycles. The van der Waals surface area contributed by atoms with Gasteiger partial charge in [0.1, 0.15) is 10.5 Å². The lowest BCUT2D eigenvalue weighted by Gasteiger charge is -2.41. The summed E-state index contributed by atoms with van der Waals surface area (Å²) in [6, 6.07) is 1.99. The average Bonchev–Trinajstić information content (AvgIpc) is 3.17. The Balaban J connectivity index is 1.86. The predicted molar refractivity (Wildman–Crippen MR) is 101 cm³/mol. The van der Waals surface area contributed by atoms with E-state index in [1.54, 1.807) is 6.20 Å². The number of hydrogen-bond donors (Lipinski definition) is 2. The van der Waals surface area contributed by atoms with Crippen molar-refractivity contribution in [1.82, 2.24) is 25.1 Å². The maximum Gasteiger partial charge on any atom is 0.268 e. The van der Waals surface area contributed by atoms with E-state index < -0.39 is 0 Å². The Kier molecular flexibility index (Phi) is 3.57. The molecule has 1 aliphatic rings. The molecule has 6 nitrogen and oxygen atoms in total. The molecule has 25 heavy (non-hydrogen) atoms. The highest BCUT2D eigenvalue weighted by Gasteiger charge is 2.36. The number of aromatic nitrogens is 4. The smallest absolute Gasteiger partial charge is 0.268 e. The molecule has 0 radical (unpaired) electrons. The van der Waals surface area contributed by atoms with E-state index in [4.69, 9.17) is 4.98 Å². The third-order valence-electron chi connectivity index (χ3n) is 5.12. The number of nitrogens with one attached hydrogen (secondary N) is 2. The van der Waals surface area contributed by atoms with Crippen LogP contribution in [0.3, 0.4) is 0 Å². The summed E-state index contributed by atoms with van der Waals surface area (Å²) in [5, 5.41) is 7.01. The Bertz CT molecular complexity index is 1030. The van der Waals surface area contributed by atoms with E-state index in [2.05, 4.69) is 46.2 Å². The molecule has 4 heterocycles. The standard InChI is InChI=1S/C18H21N5OS/c1-10-5-6-23(4)18(3,8-10)17-20-13-7-14(12-9-19-22-11(12)2)25-15(13)16(24)21-17/h5-7,9-10H,8H2,1-4H3,(H,19,22)(H,20,21,24)/t10?,18-/m0/s1. The second-order valence-corrected chi connectivity index (χ2v) is 8.11. The van der Waals surface area contributed by atoms with Crippen LogP contribution in [0.2, 0.25) is 0 Å². The SMILES string of the molecule is Cc1[nH]ncc1-c1cc2nc([C@]3(C)CC(C)C=CN3C)[nH]c(=O)c2s1. The minimum absolute atomic E-state index is 0.0748. The molecule has 0 bridgehead atoms. The monoisotopic (exact) mass is 355 g/mol. The van der Waals surface area contributed by atoms with Gasteiger partial charge in [-0.15, -0.1) is 11.3 Å². The number of thiophene rings is 1. The van der Waals surface area contributed by atoms with Crippen LogP contribution in [0.15, 0.2) is 29.3 Å². The largest absolute Gasteiger partial charge is 0.368 e. The van der Waals surface area contributed by atoms with Gasteiger partial charge in [0, 0.05) is 23.2 Å². The van der Waals surface area contributed by atoms with Crippen LogP contribution in [0.5, 0.6) is 0 Å². The molecule has 0 amide bonds. The molecule has 2 N–H and O–H groups in total. The van der Waals surface area contributed by atoms with Gasteiger partial charge in [-0.1, -0.05) is 13.0 Å². The van der Waals surface area contributed by atoms with Crippen molar-refractivity contribution in [2.45, 2.75) is 32.7 Å². The fraction of sp³-hybridized carbons (Fsp3) is 0.389. The van der Waals surface area contributed by atoms with Crippen LogP contribution in [-0.2, 0) is 5.54 Å². The number of allylic oxidation sites excluding steroid dienone is 1. The van der Waals surface area contributed by atoms with Crippen molar-refractivity contribution in [2.75, 3.05) is 7.05 Å². The zero-order valence-electron chi connectivity index (χ0n) is 14.8. The summed E-state index contributed by atoms with van der Waals surface area (Å²) >= 11 is 1.46. The van der Waals surface area contributed by atoms with Crippen LogP contribution < -0.4 is 5.56 Å². The van der Waals surface area contributed by atoms with E-state index in [1.165, 1.54) is 11.3 Å². The van der Waals surface area contributed by atoms with Crippen LogP contribution in [0.4, 0.5) is 0 Å². The Morgan fingerprint density at radius 2 is 2.24 bits per heavy atom. The van der Waals surface area contributed by atoms with Gasteiger partial charge in [0.15, 0.2) is 0 Å². The third-order valence-corrected chi connectivity index (χ3v) is 6.28. The number of fused-ring (bicyclic) bond motifs is 1. The fourth-order valence-electron chi connectivity index (χ4n) is 3.47. The molecule has 1 aliphatic heterocycles. The minimum atomic E-state index is -0.324. The number of nitrogens with zero attached hydrogens (tertiary/aromatic N) is 3. The van der Waals surface area contributed by atoms with Gasteiger partial charge in [0.25, 0.3) is 5.56 Å². The number of aryl methyl sites for hydroxylation is 1. The van der Waals surface area contributed by atoms with Gasteiger partial charge in [0.2, 0.25) is 0 Å². The van der Waals surface area contributed by atoms with Crippen LogP contribution >= 0.6 is 11.3 Å². The van der Waals surface area contributed by atoms with Gasteiger partial charge in [0.05, 0.1) is 17.3 Å². The minimum Gasteiger partial charge on any atom is -0.368 e.